The standard InChI is InChI=1S/C14H18N2O4S/c1-7-10(13(17)19-4)12(9(3)21-6-15)11(8(2)16-7)14(18)20-5/h9,12,16H,1-5H3/t9-/m1/s1. The van der Waals surface area contributed by atoms with Crippen LogP contribution in [0.15, 0.2) is 22.5 Å². The lowest BCUT2D eigenvalue weighted by molar-refractivity contribution is -0.137. The third kappa shape index (κ3) is 3.39. The van der Waals surface area contributed by atoms with E-state index in [1.165, 1.54) is 14.2 Å². The zero-order chi connectivity index (χ0) is 16.2. The van der Waals surface area contributed by atoms with Crippen LogP contribution in [0.3, 0.4) is 0 Å². The normalized spacial score (nSPS) is 17.0. The van der Waals surface area contributed by atoms with Crippen LogP contribution in [-0.2, 0) is 19.1 Å². The minimum Gasteiger partial charge on any atom is -0.466 e. The number of allylic oxidation sites excluding steroid dienone is 2. The van der Waals surface area contributed by atoms with E-state index in [2.05, 4.69) is 5.32 Å². The molecular weight excluding hydrogens is 292 g/mol. The largest absolute Gasteiger partial charge is 0.466 e. The summed E-state index contributed by atoms with van der Waals surface area (Å²) in [5.41, 5.74) is 1.92. The van der Waals surface area contributed by atoms with Crippen molar-refractivity contribution in [2.75, 3.05) is 14.2 Å². The predicted molar refractivity (Wildman–Crippen MR) is 78.7 cm³/mol. The molecule has 1 heterocycles. The Morgan fingerprint density at radius 2 is 1.62 bits per heavy atom. The summed E-state index contributed by atoms with van der Waals surface area (Å²) in [5.74, 6) is -1.61. The van der Waals surface area contributed by atoms with Gasteiger partial charge in [-0.2, -0.15) is 5.26 Å². The highest BCUT2D eigenvalue weighted by molar-refractivity contribution is 8.04. The van der Waals surface area contributed by atoms with Gasteiger partial charge in [-0.3, -0.25) is 0 Å². The molecule has 0 bridgehead atoms. The molecule has 0 aliphatic carbocycles. The van der Waals surface area contributed by atoms with Crippen LogP contribution in [0.25, 0.3) is 0 Å². The first-order valence-corrected chi connectivity index (χ1v) is 7.16. The van der Waals surface area contributed by atoms with Gasteiger partial charge in [-0.05, 0) is 25.6 Å². The number of nitrogens with zero attached hydrogens (tertiary/aromatic N) is 1. The van der Waals surface area contributed by atoms with Crippen LogP contribution in [0.4, 0.5) is 0 Å². The number of dihydropyridines is 1. The van der Waals surface area contributed by atoms with E-state index in [-0.39, 0.29) is 5.25 Å². The molecule has 0 unspecified atom stereocenters. The Morgan fingerprint density at radius 1 is 1.19 bits per heavy atom. The van der Waals surface area contributed by atoms with Gasteiger partial charge in [0.05, 0.1) is 25.4 Å². The maximum atomic E-state index is 12.1. The molecule has 114 valence electrons. The van der Waals surface area contributed by atoms with Crippen molar-refractivity contribution in [1.82, 2.24) is 5.32 Å². The number of hydrogen-bond acceptors (Lipinski definition) is 7. The van der Waals surface area contributed by atoms with Gasteiger partial charge in [0.25, 0.3) is 0 Å². The van der Waals surface area contributed by atoms with E-state index in [0.29, 0.717) is 22.5 Å². The maximum Gasteiger partial charge on any atom is 0.336 e. The number of carbonyl (C=O) groups excluding carboxylic acids is 2. The Bertz CT molecular complexity index is 522. The fourth-order valence-corrected chi connectivity index (χ4v) is 3.00. The second kappa shape index (κ2) is 7.18. The minimum absolute atomic E-state index is 0.301. The summed E-state index contributed by atoms with van der Waals surface area (Å²) < 4.78 is 9.62. The molecule has 1 rings (SSSR count). The molecule has 1 N–H and O–H groups in total. The van der Waals surface area contributed by atoms with Crippen molar-refractivity contribution in [3.63, 3.8) is 0 Å². The van der Waals surface area contributed by atoms with Crippen LogP contribution in [0.1, 0.15) is 20.8 Å². The van der Waals surface area contributed by atoms with Crippen LogP contribution >= 0.6 is 11.8 Å². The first-order chi connectivity index (χ1) is 9.88. The van der Waals surface area contributed by atoms with Crippen molar-refractivity contribution >= 4 is 23.7 Å². The van der Waals surface area contributed by atoms with E-state index in [1.54, 1.807) is 20.8 Å². The molecule has 21 heavy (non-hydrogen) atoms. The van der Waals surface area contributed by atoms with E-state index >= 15 is 0 Å². The van der Waals surface area contributed by atoms with Gasteiger partial charge < -0.3 is 14.8 Å². The average Bonchev–Trinajstić information content (AvgIpc) is 2.45. The summed E-state index contributed by atoms with van der Waals surface area (Å²) in [4.78, 5) is 24.1. The number of thiocyanates is 1. The highest BCUT2D eigenvalue weighted by atomic mass is 32.2. The summed E-state index contributed by atoms with van der Waals surface area (Å²) in [6.45, 7) is 5.26. The first-order valence-electron chi connectivity index (χ1n) is 6.28. The molecule has 0 aromatic rings. The molecule has 1 atom stereocenters. The Kier molecular flexibility index (Phi) is 5.85. The minimum atomic E-state index is -0.559. The van der Waals surface area contributed by atoms with Gasteiger partial charge in [0.1, 0.15) is 5.40 Å². The van der Waals surface area contributed by atoms with E-state index in [4.69, 9.17) is 14.7 Å². The quantitative estimate of drug-likeness (QED) is 0.624. The third-order valence-corrected chi connectivity index (χ3v) is 4.07. The molecule has 0 aromatic carbocycles. The molecule has 0 amide bonds. The van der Waals surface area contributed by atoms with Crippen molar-refractivity contribution in [2.45, 2.75) is 26.0 Å². The lowest BCUT2D eigenvalue weighted by Crippen LogP contribution is -2.37. The number of ether oxygens (including phenoxy) is 2. The number of methoxy groups -OCH3 is 2. The third-order valence-electron chi connectivity index (χ3n) is 3.32. The van der Waals surface area contributed by atoms with Crippen LogP contribution in [-0.4, -0.2) is 31.4 Å². The number of esters is 2. The second-order valence-corrected chi connectivity index (χ2v) is 5.74. The van der Waals surface area contributed by atoms with Gasteiger partial charge >= 0.3 is 11.9 Å². The monoisotopic (exact) mass is 310 g/mol. The smallest absolute Gasteiger partial charge is 0.336 e. The number of rotatable bonds is 4. The Hall–Kier alpha value is -1.94. The summed E-state index contributed by atoms with van der Waals surface area (Å²) in [6.07, 6.45) is 0. The van der Waals surface area contributed by atoms with Crippen molar-refractivity contribution in [3.8, 4) is 5.40 Å². The summed E-state index contributed by atoms with van der Waals surface area (Å²) in [7, 11) is 2.57. The molecule has 0 fully saturated rings. The van der Waals surface area contributed by atoms with Crippen LogP contribution in [0, 0.1) is 16.6 Å². The maximum absolute atomic E-state index is 12.1. The van der Waals surface area contributed by atoms with Crippen LogP contribution < -0.4 is 5.32 Å². The molecule has 7 heteroatoms. The number of carbonyl (C=O) groups is 2. The van der Waals surface area contributed by atoms with Gasteiger partial charge in [-0.25, -0.2) is 9.59 Å². The number of nitrogens with one attached hydrogen (secondary N) is 1. The number of thioether (sulfide) groups is 1. The zero-order valence-corrected chi connectivity index (χ0v) is 13.5. The summed E-state index contributed by atoms with van der Waals surface area (Å²) in [5, 5.41) is 13.6. The van der Waals surface area contributed by atoms with Gasteiger partial charge in [-0.1, -0.05) is 6.92 Å². The SMILES string of the molecule is COC(=O)C1=C(C)NC(C)=C(C(=O)OC)C1[C@@H](C)SC#N. The second-order valence-electron chi connectivity index (χ2n) is 4.58. The summed E-state index contributed by atoms with van der Waals surface area (Å²) >= 11 is 0.999. The fraction of sp³-hybridized carbons (Fsp3) is 0.500. The Balaban J connectivity index is 3.43. The number of hydrogen-bond donors (Lipinski definition) is 1. The highest BCUT2D eigenvalue weighted by Gasteiger charge is 2.39. The Labute approximate surface area is 128 Å². The lowest BCUT2D eigenvalue weighted by atomic mass is 9.83. The Morgan fingerprint density at radius 3 is 1.95 bits per heavy atom. The zero-order valence-electron chi connectivity index (χ0n) is 12.6. The predicted octanol–water partition coefficient (Wildman–Crippen LogP) is 1.70. The fourth-order valence-electron chi connectivity index (χ4n) is 2.43. The molecule has 6 nitrogen and oxygen atoms in total. The van der Waals surface area contributed by atoms with Crippen LogP contribution in [0.5, 0.6) is 0 Å². The van der Waals surface area contributed by atoms with Gasteiger partial charge in [0.15, 0.2) is 0 Å². The topological polar surface area (TPSA) is 88.4 Å². The molecule has 1 aliphatic rings. The first kappa shape index (κ1) is 17.1. The molecule has 0 saturated carbocycles. The van der Waals surface area contributed by atoms with E-state index < -0.39 is 17.9 Å². The van der Waals surface area contributed by atoms with Crippen LogP contribution in [0.2, 0.25) is 0 Å². The van der Waals surface area contributed by atoms with E-state index in [0.717, 1.165) is 11.8 Å². The number of nitriles is 1. The molecular formula is C14H18N2O4S. The molecule has 1 aliphatic heterocycles. The van der Waals surface area contributed by atoms with E-state index in [9.17, 15) is 9.59 Å². The van der Waals surface area contributed by atoms with Gasteiger partial charge in [0, 0.05) is 22.6 Å². The van der Waals surface area contributed by atoms with Crippen molar-refractivity contribution in [3.05, 3.63) is 22.5 Å². The molecule has 0 aromatic heterocycles. The molecule has 0 spiro atoms. The van der Waals surface area contributed by atoms with Gasteiger partial charge in [0.2, 0.25) is 0 Å². The lowest BCUT2D eigenvalue weighted by Gasteiger charge is -2.32. The van der Waals surface area contributed by atoms with Crippen molar-refractivity contribution < 1.29 is 19.1 Å². The van der Waals surface area contributed by atoms with Gasteiger partial charge in [-0.15, -0.1) is 0 Å². The average molecular weight is 310 g/mol. The van der Waals surface area contributed by atoms with Crippen molar-refractivity contribution in [1.29, 1.82) is 5.26 Å². The molecule has 0 radical (unpaired) electrons. The molecule has 0 saturated heterocycles. The van der Waals surface area contributed by atoms with Crippen molar-refractivity contribution in [2.24, 2.45) is 5.92 Å². The summed E-state index contributed by atoms with van der Waals surface area (Å²) in [6, 6.07) is 0. The van der Waals surface area contributed by atoms with E-state index in [1.807, 2.05) is 5.40 Å². The highest BCUT2D eigenvalue weighted by Crippen LogP contribution is 2.37.